The zero-order valence-electron chi connectivity index (χ0n) is 24.2. The van der Waals surface area contributed by atoms with Gasteiger partial charge in [-0.25, -0.2) is 9.18 Å². The summed E-state index contributed by atoms with van der Waals surface area (Å²) in [4.78, 5) is 12.2. The molecule has 7 heteroatoms. The number of esters is 1. The topological polar surface area (TPSA) is 49.7 Å². The van der Waals surface area contributed by atoms with Crippen LogP contribution >= 0.6 is 12.0 Å². The average Bonchev–Trinajstić information content (AvgIpc) is 3.37. The number of rotatable bonds is 11. The first-order chi connectivity index (χ1) is 20.3. The molecule has 0 amide bonds. The summed E-state index contributed by atoms with van der Waals surface area (Å²) < 4.78 is 33.5. The Balaban J connectivity index is 1.80. The van der Waals surface area contributed by atoms with Crippen molar-refractivity contribution in [1.29, 1.82) is 0 Å². The molecule has 0 spiro atoms. The first-order valence-corrected chi connectivity index (χ1v) is 14.9. The van der Waals surface area contributed by atoms with E-state index in [-0.39, 0.29) is 11.2 Å². The van der Waals surface area contributed by atoms with E-state index in [2.05, 4.69) is 24.5 Å². The first-order valence-electron chi connectivity index (χ1n) is 13.8. The molecule has 216 valence electrons. The lowest BCUT2D eigenvalue weighted by atomic mass is 9.81. The van der Waals surface area contributed by atoms with Gasteiger partial charge < -0.3 is 18.2 Å². The molecule has 0 bridgehead atoms. The monoisotopic (exact) mass is 583 g/mol. The molecule has 5 aromatic rings. The zero-order chi connectivity index (χ0) is 29.7. The molecule has 0 radical (unpaired) electrons. The Morgan fingerprint density at radius 3 is 2.29 bits per heavy atom. The van der Waals surface area contributed by atoms with Crippen molar-refractivity contribution >= 4 is 28.9 Å². The molecular weight excluding hydrogens is 549 g/mol. The number of benzene rings is 4. The van der Waals surface area contributed by atoms with Gasteiger partial charge in [-0.3, -0.25) is 0 Å². The first kappa shape index (κ1) is 29.4. The van der Waals surface area contributed by atoms with Crippen LogP contribution in [0.3, 0.4) is 0 Å². The smallest absolute Gasteiger partial charge is 0.337 e. The summed E-state index contributed by atoms with van der Waals surface area (Å²) in [5.41, 5.74) is 5.89. The van der Waals surface area contributed by atoms with E-state index in [1.54, 1.807) is 24.3 Å². The van der Waals surface area contributed by atoms with Gasteiger partial charge in [-0.15, -0.1) is 0 Å². The number of aromatic nitrogens is 1. The number of hydrogen-bond donors (Lipinski definition) is 0. The maximum Gasteiger partial charge on any atom is 0.337 e. The van der Waals surface area contributed by atoms with E-state index in [0.717, 1.165) is 51.1 Å². The Bertz CT molecular complexity index is 1660. The molecule has 1 heterocycles. The Labute approximate surface area is 250 Å². The maximum atomic E-state index is 14.1. The third kappa shape index (κ3) is 6.08. The molecule has 0 aliphatic rings. The summed E-state index contributed by atoms with van der Waals surface area (Å²) in [6.45, 7) is 5.35. The number of ether oxygens (including phenoxy) is 2. The van der Waals surface area contributed by atoms with E-state index < -0.39 is 5.97 Å². The van der Waals surface area contributed by atoms with Crippen LogP contribution < -0.4 is 4.74 Å². The van der Waals surface area contributed by atoms with Gasteiger partial charge in [-0.05, 0) is 78.1 Å². The second-order valence-corrected chi connectivity index (χ2v) is 11.2. The predicted molar refractivity (Wildman–Crippen MR) is 168 cm³/mol. The van der Waals surface area contributed by atoms with Crippen LogP contribution in [0.15, 0.2) is 97.1 Å². The molecule has 0 aliphatic carbocycles. The minimum Gasteiger partial charge on any atom is -0.488 e. The van der Waals surface area contributed by atoms with Crippen LogP contribution in [0.4, 0.5) is 4.39 Å². The molecule has 5 rings (SSSR count). The number of carbonyl (C=O) groups is 1. The number of methoxy groups -OCH3 is 1. The summed E-state index contributed by atoms with van der Waals surface area (Å²) in [5.74, 6) is 0.0495. The molecule has 0 unspecified atom stereocenters. The Morgan fingerprint density at radius 1 is 0.905 bits per heavy atom. The fourth-order valence-electron chi connectivity index (χ4n) is 5.33. The minimum atomic E-state index is -0.392. The van der Waals surface area contributed by atoms with Crippen molar-refractivity contribution < 1.29 is 22.8 Å². The van der Waals surface area contributed by atoms with Gasteiger partial charge in [-0.2, -0.15) is 0 Å². The largest absolute Gasteiger partial charge is 0.488 e. The number of halogens is 1. The van der Waals surface area contributed by atoms with Crippen molar-refractivity contribution in [2.24, 2.45) is 0 Å². The van der Waals surface area contributed by atoms with E-state index in [9.17, 15) is 9.18 Å². The molecule has 0 aliphatic heterocycles. The Hall–Kier alpha value is -4.07. The average molecular weight is 584 g/mol. The summed E-state index contributed by atoms with van der Waals surface area (Å²) >= 11 is 1.35. The Kier molecular flexibility index (Phi) is 9.00. The van der Waals surface area contributed by atoms with Crippen LogP contribution in [-0.2, 0) is 20.9 Å². The van der Waals surface area contributed by atoms with Gasteiger partial charge in [0.05, 0.1) is 30.2 Å². The van der Waals surface area contributed by atoms with Gasteiger partial charge in [0.1, 0.15) is 18.2 Å². The third-order valence-corrected chi connectivity index (χ3v) is 7.84. The van der Waals surface area contributed by atoms with E-state index in [1.165, 1.54) is 31.3 Å². The third-order valence-electron chi connectivity index (χ3n) is 7.44. The van der Waals surface area contributed by atoms with Crippen molar-refractivity contribution in [3.05, 3.63) is 120 Å². The highest BCUT2D eigenvalue weighted by atomic mass is 32.2. The normalized spacial score (nSPS) is 11.5. The molecule has 0 fully saturated rings. The number of hydrogen-bond acceptors (Lipinski definition) is 5. The van der Waals surface area contributed by atoms with Crippen LogP contribution in [0.1, 0.15) is 41.9 Å². The standard InChI is InChI=1S/C35H34FNO4S/c1-35(2,21-22-41-42-4)33-31(25-13-15-26(16-14-25)34(38)39-3)32-29(37(33)28-19-17-27(36)18-20-28)11-8-12-30(32)40-23-24-9-6-5-7-10-24/h5-20H,21-23H2,1-4H3. The van der Waals surface area contributed by atoms with Gasteiger partial charge in [0.2, 0.25) is 0 Å². The highest BCUT2D eigenvalue weighted by molar-refractivity contribution is 7.93. The summed E-state index contributed by atoms with van der Waals surface area (Å²) in [5, 5.41) is 0.942. The Morgan fingerprint density at radius 2 is 1.62 bits per heavy atom. The number of nitrogens with zero attached hydrogens (tertiary/aromatic N) is 1. The lowest BCUT2D eigenvalue weighted by Gasteiger charge is -2.29. The lowest BCUT2D eigenvalue weighted by Crippen LogP contribution is -2.24. The molecule has 0 saturated carbocycles. The van der Waals surface area contributed by atoms with Crippen LogP contribution in [0.25, 0.3) is 27.7 Å². The minimum absolute atomic E-state index is 0.296. The van der Waals surface area contributed by atoms with Crippen molar-refractivity contribution in [1.82, 2.24) is 4.57 Å². The van der Waals surface area contributed by atoms with Gasteiger partial charge in [0, 0.05) is 28.6 Å². The zero-order valence-corrected chi connectivity index (χ0v) is 25.0. The molecule has 1 aromatic heterocycles. The highest BCUT2D eigenvalue weighted by Crippen LogP contribution is 2.47. The fraction of sp³-hybridized carbons (Fsp3) is 0.229. The van der Waals surface area contributed by atoms with E-state index in [0.29, 0.717) is 18.8 Å². The molecule has 42 heavy (non-hydrogen) atoms. The van der Waals surface area contributed by atoms with Crippen molar-refractivity contribution in [2.45, 2.75) is 32.3 Å². The van der Waals surface area contributed by atoms with E-state index in [4.69, 9.17) is 13.7 Å². The number of carbonyl (C=O) groups excluding carboxylic acids is 1. The van der Waals surface area contributed by atoms with E-state index in [1.807, 2.05) is 60.9 Å². The van der Waals surface area contributed by atoms with Crippen LogP contribution in [0, 0.1) is 5.82 Å². The van der Waals surface area contributed by atoms with Crippen molar-refractivity contribution in [2.75, 3.05) is 20.0 Å². The summed E-state index contributed by atoms with van der Waals surface area (Å²) in [6.07, 6.45) is 2.64. The second-order valence-electron chi connectivity index (χ2n) is 10.7. The van der Waals surface area contributed by atoms with Crippen LogP contribution in [0.2, 0.25) is 0 Å². The summed E-state index contributed by atoms with van der Waals surface area (Å²) in [7, 11) is 1.38. The van der Waals surface area contributed by atoms with E-state index >= 15 is 0 Å². The molecular formula is C35H34FNO4S. The van der Waals surface area contributed by atoms with Crippen LogP contribution in [-0.4, -0.2) is 30.5 Å². The quantitative estimate of drug-likeness (QED) is 0.0884. The number of fused-ring (bicyclic) bond motifs is 1. The SMILES string of the molecule is COC(=O)c1ccc(-c2c(C(C)(C)CCOSC)n(-c3ccc(F)cc3)c3cccc(OCc4ccccc4)c23)cc1. The molecule has 0 atom stereocenters. The van der Waals surface area contributed by atoms with Crippen molar-refractivity contribution in [3.8, 4) is 22.6 Å². The second kappa shape index (κ2) is 12.8. The van der Waals surface area contributed by atoms with Crippen molar-refractivity contribution in [3.63, 3.8) is 0 Å². The molecule has 4 aromatic carbocycles. The van der Waals surface area contributed by atoms with Gasteiger partial charge in [0.25, 0.3) is 0 Å². The van der Waals surface area contributed by atoms with Gasteiger partial charge >= 0.3 is 5.97 Å². The highest BCUT2D eigenvalue weighted by Gasteiger charge is 2.33. The van der Waals surface area contributed by atoms with Crippen LogP contribution in [0.5, 0.6) is 5.75 Å². The fourth-order valence-corrected chi connectivity index (χ4v) is 5.58. The maximum absolute atomic E-state index is 14.1. The molecule has 0 saturated heterocycles. The van der Waals surface area contributed by atoms with Gasteiger partial charge in [-0.1, -0.05) is 62.4 Å². The summed E-state index contributed by atoms with van der Waals surface area (Å²) in [6, 6.07) is 30.1. The van der Waals surface area contributed by atoms with Gasteiger partial charge in [0.15, 0.2) is 0 Å². The lowest BCUT2D eigenvalue weighted by molar-refractivity contribution is 0.0600. The predicted octanol–water partition coefficient (Wildman–Crippen LogP) is 8.76. The molecule has 0 N–H and O–H groups in total. The molecule has 5 nitrogen and oxygen atoms in total.